The molecule has 1 amide bonds. The van der Waals surface area contributed by atoms with Crippen LogP contribution in [-0.4, -0.2) is 11.7 Å². The highest BCUT2D eigenvalue weighted by molar-refractivity contribution is 5.91. The molecule has 24 heavy (non-hydrogen) atoms. The summed E-state index contributed by atoms with van der Waals surface area (Å²) in [6.45, 7) is 10.7. The van der Waals surface area contributed by atoms with Crippen LogP contribution in [0.3, 0.4) is 0 Å². The van der Waals surface area contributed by atoms with Crippen LogP contribution in [0, 0.1) is 22.7 Å². The molecule has 2 aliphatic rings. The van der Waals surface area contributed by atoms with Gasteiger partial charge in [0.25, 0.3) is 0 Å². The molecule has 1 aromatic rings. The van der Waals surface area contributed by atoms with Crippen molar-refractivity contribution in [3.63, 3.8) is 0 Å². The Labute approximate surface area is 144 Å². The summed E-state index contributed by atoms with van der Waals surface area (Å²) in [7, 11) is 0. The molecule has 3 heteroatoms. The maximum absolute atomic E-state index is 12.9. The van der Waals surface area contributed by atoms with Gasteiger partial charge in [0.2, 0.25) is 5.91 Å². The average molecular weight is 325 g/mol. The highest BCUT2D eigenvalue weighted by atomic mass is 16.1. The third kappa shape index (κ3) is 2.51. The average Bonchev–Trinajstić information content (AvgIpc) is 2.88. The van der Waals surface area contributed by atoms with E-state index in [1.54, 1.807) is 0 Å². The van der Waals surface area contributed by atoms with Gasteiger partial charge in [-0.25, -0.2) is 0 Å². The number of benzene rings is 1. The standard InChI is InChI=1S/C21H27NO2/c1-5-18(23)22-13-15-8-6-14(7-9-15)12-16-17-10-11-21(4,19(16)24)20(17,2)3/h5-9,16-17H,1,10-13H2,2-4H3,(H,22,23). The number of carbonyl (C=O) groups is 2. The minimum atomic E-state index is -0.165. The van der Waals surface area contributed by atoms with Gasteiger partial charge in [-0.15, -0.1) is 0 Å². The van der Waals surface area contributed by atoms with Gasteiger partial charge in [-0.3, -0.25) is 9.59 Å². The zero-order chi connectivity index (χ0) is 17.5. The molecular formula is C21H27NO2. The molecule has 0 saturated heterocycles. The first-order valence-corrected chi connectivity index (χ1v) is 8.82. The summed E-state index contributed by atoms with van der Waals surface area (Å²) in [5, 5.41) is 2.77. The number of hydrogen-bond donors (Lipinski definition) is 1. The van der Waals surface area contributed by atoms with Crippen LogP contribution < -0.4 is 5.32 Å². The van der Waals surface area contributed by atoms with E-state index < -0.39 is 0 Å². The van der Waals surface area contributed by atoms with Gasteiger partial charge in [0, 0.05) is 17.9 Å². The van der Waals surface area contributed by atoms with Crippen molar-refractivity contribution in [2.45, 2.75) is 46.6 Å². The molecule has 0 radical (unpaired) electrons. The molecule has 3 nitrogen and oxygen atoms in total. The number of rotatable bonds is 5. The van der Waals surface area contributed by atoms with Crippen molar-refractivity contribution in [1.82, 2.24) is 5.32 Å². The highest BCUT2D eigenvalue weighted by Crippen LogP contribution is 2.66. The summed E-state index contributed by atoms with van der Waals surface area (Å²) in [6.07, 6.45) is 4.33. The lowest BCUT2D eigenvalue weighted by molar-refractivity contribution is -0.131. The molecule has 2 saturated carbocycles. The fourth-order valence-electron chi connectivity index (χ4n) is 4.82. The lowest BCUT2D eigenvalue weighted by Crippen LogP contribution is -2.33. The smallest absolute Gasteiger partial charge is 0.243 e. The molecule has 128 valence electrons. The van der Waals surface area contributed by atoms with Gasteiger partial charge >= 0.3 is 0 Å². The number of Topliss-reactive ketones (excluding diaryl/α,β-unsaturated/α-hetero) is 1. The second-order valence-electron chi connectivity index (χ2n) is 8.11. The predicted molar refractivity (Wildman–Crippen MR) is 95.3 cm³/mol. The SMILES string of the molecule is C=CC(=O)NCc1ccc(CC2C(=O)C3(C)CCC2C3(C)C)cc1. The molecule has 1 N–H and O–H groups in total. The summed E-state index contributed by atoms with van der Waals surface area (Å²) in [5.74, 6) is 0.958. The molecular weight excluding hydrogens is 298 g/mol. The van der Waals surface area contributed by atoms with Crippen LogP contribution in [0.5, 0.6) is 0 Å². The molecule has 3 unspecified atom stereocenters. The normalized spacial score (nSPS) is 30.4. The number of fused-ring (bicyclic) bond motifs is 2. The summed E-state index contributed by atoms with van der Waals surface area (Å²) in [4.78, 5) is 24.1. The first-order valence-electron chi connectivity index (χ1n) is 8.82. The maximum atomic E-state index is 12.9. The van der Waals surface area contributed by atoms with Crippen LogP contribution in [-0.2, 0) is 22.6 Å². The largest absolute Gasteiger partial charge is 0.348 e. The highest BCUT2D eigenvalue weighted by Gasteiger charge is 2.65. The topological polar surface area (TPSA) is 46.2 Å². The molecule has 1 aromatic carbocycles. The second kappa shape index (κ2) is 5.87. The lowest BCUT2D eigenvalue weighted by Gasteiger charge is -2.32. The van der Waals surface area contributed by atoms with Crippen molar-refractivity contribution in [3.05, 3.63) is 48.0 Å². The van der Waals surface area contributed by atoms with Gasteiger partial charge in [-0.2, -0.15) is 0 Å². The second-order valence-corrected chi connectivity index (χ2v) is 8.11. The van der Waals surface area contributed by atoms with E-state index in [4.69, 9.17) is 0 Å². The van der Waals surface area contributed by atoms with Crippen molar-refractivity contribution < 1.29 is 9.59 Å². The molecule has 0 heterocycles. The molecule has 3 rings (SSSR count). The number of amides is 1. The third-order valence-corrected chi connectivity index (χ3v) is 6.80. The van der Waals surface area contributed by atoms with Crippen LogP contribution in [0.15, 0.2) is 36.9 Å². The van der Waals surface area contributed by atoms with E-state index in [1.807, 2.05) is 12.1 Å². The molecule has 0 aliphatic heterocycles. The van der Waals surface area contributed by atoms with Gasteiger partial charge in [0.1, 0.15) is 5.78 Å². The summed E-state index contributed by atoms with van der Waals surface area (Å²) >= 11 is 0. The molecule has 2 aliphatic carbocycles. The van der Waals surface area contributed by atoms with Crippen LogP contribution >= 0.6 is 0 Å². The van der Waals surface area contributed by atoms with Crippen molar-refractivity contribution in [1.29, 1.82) is 0 Å². The molecule has 0 aromatic heterocycles. The Morgan fingerprint density at radius 2 is 1.88 bits per heavy atom. The van der Waals surface area contributed by atoms with E-state index in [1.165, 1.54) is 18.1 Å². The van der Waals surface area contributed by atoms with Crippen LogP contribution in [0.2, 0.25) is 0 Å². The zero-order valence-corrected chi connectivity index (χ0v) is 14.9. The van der Waals surface area contributed by atoms with E-state index in [-0.39, 0.29) is 22.7 Å². The molecule has 2 fully saturated rings. The Morgan fingerprint density at radius 1 is 1.25 bits per heavy atom. The van der Waals surface area contributed by atoms with Crippen molar-refractivity contribution >= 4 is 11.7 Å². The van der Waals surface area contributed by atoms with Crippen LogP contribution in [0.1, 0.15) is 44.7 Å². The Bertz CT molecular complexity index is 674. The van der Waals surface area contributed by atoms with Crippen LogP contribution in [0.25, 0.3) is 0 Å². The van der Waals surface area contributed by atoms with Crippen molar-refractivity contribution in [2.24, 2.45) is 22.7 Å². The summed E-state index contributed by atoms with van der Waals surface area (Å²) in [6, 6.07) is 8.24. The number of hydrogen-bond acceptors (Lipinski definition) is 2. The third-order valence-electron chi connectivity index (χ3n) is 6.80. The van der Waals surface area contributed by atoms with Gasteiger partial charge in [-0.05, 0) is 47.8 Å². The fourth-order valence-corrected chi connectivity index (χ4v) is 4.82. The quantitative estimate of drug-likeness (QED) is 0.840. The van der Waals surface area contributed by atoms with Gasteiger partial charge in [0.15, 0.2) is 0 Å². The van der Waals surface area contributed by atoms with E-state index in [0.29, 0.717) is 18.2 Å². The predicted octanol–water partition coefficient (Wildman–Crippen LogP) is 3.67. The van der Waals surface area contributed by atoms with E-state index in [2.05, 4.69) is 44.8 Å². The van der Waals surface area contributed by atoms with Gasteiger partial charge in [0.05, 0.1) is 0 Å². The number of ketones is 1. The van der Waals surface area contributed by atoms with Crippen molar-refractivity contribution in [2.75, 3.05) is 0 Å². The minimum Gasteiger partial charge on any atom is -0.348 e. The molecule has 3 atom stereocenters. The van der Waals surface area contributed by atoms with Gasteiger partial charge < -0.3 is 5.32 Å². The molecule has 2 bridgehead atoms. The van der Waals surface area contributed by atoms with E-state index >= 15 is 0 Å². The molecule has 0 spiro atoms. The lowest BCUT2D eigenvalue weighted by atomic mass is 9.70. The van der Waals surface area contributed by atoms with Gasteiger partial charge in [-0.1, -0.05) is 51.6 Å². The minimum absolute atomic E-state index is 0.115. The first-order chi connectivity index (χ1) is 11.3. The van der Waals surface area contributed by atoms with E-state index in [0.717, 1.165) is 18.4 Å². The Morgan fingerprint density at radius 3 is 2.42 bits per heavy atom. The first kappa shape index (κ1) is 16.9. The number of nitrogens with one attached hydrogen (secondary N) is 1. The Hall–Kier alpha value is -1.90. The summed E-state index contributed by atoms with van der Waals surface area (Å²) in [5.41, 5.74) is 2.24. The number of carbonyl (C=O) groups excluding carboxylic acids is 2. The Balaban J connectivity index is 1.68. The fraction of sp³-hybridized carbons (Fsp3) is 0.524. The van der Waals surface area contributed by atoms with Crippen LogP contribution in [0.4, 0.5) is 0 Å². The Kier molecular flexibility index (Phi) is 4.15. The summed E-state index contributed by atoms with van der Waals surface area (Å²) < 4.78 is 0. The monoisotopic (exact) mass is 325 g/mol. The maximum Gasteiger partial charge on any atom is 0.243 e. The zero-order valence-electron chi connectivity index (χ0n) is 14.9. The van der Waals surface area contributed by atoms with E-state index in [9.17, 15) is 9.59 Å². The van der Waals surface area contributed by atoms with Crippen molar-refractivity contribution in [3.8, 4) is 0 Å².